The molecule has 0 atom stereocenters. The molecule has 1 aliphatic heterocycles. The highest BCUT2D eigenvalue weighted by Crippen LogP contribution is 2.20. The van der Waals surface area contributed by atoms with Crippen LogP contribution < -0.4 is 10.2 Å². The average molecular weight is 383 g/mol. The third kappa shape index (κ3) is 5.71. The van der Waals surface area contributed by atoms with Crippen molar-refractivity contribution < 1.29 is 24.0 Å². The number of hydrogen-bond donors (Lipinski definition) is 2. The fraction of sp³-hybridized carbons (Fsp3) is 0.500. The van der Waals surface area contributed by atoms with Crippen molar-refractivity contribution in [1.82, 2.24) is 4.90 Å². The smallest absolute Gasteiger partial charge is 0.309 e. The van der Waals surface area contributed by atoms with E-state index in [0.717, 1.165) is 18.0 Å². The third-order valence-corrected chi connectivity index (χ3v) is 4.91. The van der Waals surface area contributed by atoms with E-state index in [9.17, 15) is 14.4 Å². The minimum atomic E-state index is -0.298. The van der Waals surface area contributed by atoms with E-state index < -0.39 is 0 Å². The summed E-state index contributed by atoms with van der Waals surface area (Å²) < 4.78 is 4.77. The van der Waals surface area contributed by atoms with E-state index in [1.165, 1.54) is 12.0 Å². The minimum absolute atomic E-state index is 0.0396. The number of hydrogen-bond acceptors (Lipinski definition) is 4. The van der Waals surface area contributed by atoms with Crippen molar-refractivity contribution in [2.45, 2.75) is 12.8 Å². The van der Waals surface area contributed by atoms with Gasteiger partial charge in [0.25, 0.3) is 5.91 Å². The quantitative estimate of drug-likeness (QED) is 0.689. The van der Waals surface area contributed by atoms with E-state index in [0.29, 0.717) is 30.1 Å². The lowest BCUT2D eigenvalue weighted by Crippen LogP contribution is -3.14. The zero-order valence-corrected chi connectivity index (χ0v) is 15.8. The molecular weight excluding hydrogens is 358 g/mol. The maximum Gasteiger partial charge on any atom is 0.309 e. The number of likely N-dealkylation sites (tertiary alicyclic amines) is 1. The summed E-state index contributed by atoms with van der Waals surface area (Å²) >= 11 is 6.01. The highest BCUT2D eigenvalue weighted by Gasteiger charge is 2.29. The maximum atomic E-state index is 12.3. The Balaban J connectivity index is 1.76. The van der Waals surface area contributed by atoms with Crippen molar-refractivity contribution in [3.8, 4) is 0 Å². The van der Waals surface area contributed by atoms with Crippen LogP contribution in [0.15, 0.2) is 24.3 Å². The van der Waals surface area contributed by atoms with Gasteiger partial charge in [0.15, 0.2) is 6.54 Å². The molecule has 0 unspecified atom stereocenters. The molecule has 0 aromatic heterocycles. The minimum Gasteiger partial charge on any atom is -0.469 e. The summed E-state index contributed by atoms with van der Waals surface area (Å²) in [6.07, 6.45) is 1.43. The number of benzene rings is 1. The van der Waals surface area contributed by atoms with E-state index in [4.69, 9.17) is 16.3 Å². The second-order valence-corrected chi connectivity index (χ2v) is 6.91. The molecule has 142 valence electrons. The number of quaternary nitrogens is 1. The predicted molar refractivity (Wildman–Crippen MR) is 98.0 cm³/mol. The Morgan fingerprint density at radius 3 is 2.54 bits per heavy atom. The highest BCUT2D eigenvalue weighted by atomic mass is 35.5. The van der Waals surface area contributed by atoms with E-state index in [1.807, 2.05) is 0 Å². The summed E-state index contributed by atoms with van der Waals surface area (Å²) in [6.45, 7) is 1.75. The van der Waals surface area contributed by atoms with Crippen molar-refractivity contribution >= 4 is 35.1 Å². The molecule has 2 amide bonds. The first-order chi connectivity index (χ1) is 12.4. The number of para-hydroxylation sites is 1. The van der Waals surface area contributed by atoms with Crippen LogP contribution in [0.4, 0.5) is 5.69 Å². The van der Waals surface area contributed by atoms with Crippen LogP contribution in [-0.4, -0.2) is 63.0 Å². The molecule has 1 aromatic carbocycles. The Bertz CT molecular complexity index is 660. The molecule has 8 heteroatoms. The molecule has 0 bridgehead atoms. The molecule has 1 saturated heterocycles. The molecule has 1 aliphatic rings. The molecule has 0 aliphatic carbocycles. The second kappa shape index (κ2) is 9.54. The van der Waals surface area contributed by atoms with Gasteiger partial charge in [-0.2, -0.15) is 0 Å². The molecule has 2 rings (SSSR count). The van der Waals surface area contributed by atoms with Crippen LogP contribution >= 0.6 is 11.6 Å². The molecule has 0 radical (unpaired) electrons. The number of methoxy groups -OCH3 is 1. The highest BCUT2D eigenvalue weighted by molar-refractivity contribution is 6.33. The Hall–Kier alpha value is -2.12. The van der Waals surface area contributed by atoms with Crippen molar-refractivity contribution in [1.29, 1.82) is 0 Å². The fourth-order valence-corrected chi connectivity index (χ4v) is 3.19. The van der Waals surface area contributed by atoms with Gasteiger partial charge in [0.2, 0.25) is 5.91 Å². The number of likely N-dealkylation sites (N-methyl/N-ethyl adjacent to an activating group) is 1. The van der Waals surface area contributed by atoms with Gasteiger partial charge in [0.05, 0.1) is 43.4 Å². The van der Waals surface area contributed by atoms with Gasteiger partial charge < -0.3 is 19.9 Å². The summed E-state index contributed by atoms with van der Waals surface area (Å²) in [5.74, 6) is -0.652. The first-order valence-electron chi connectivity index (χ1n) is 8.60. The van der Waals surface area contributed by atoms with Crippen LogP contribution in [0, 0.1) is 5.92 Å². The number of carbonyl (C=O) groups excluding carboxylic acids is 3. The maximum absolute atomic E-state index is 12.3. The van der Waals surface area contributed by atoms with Crippen LogP contribution in [0.3, 0.4) is 0 Å². The Labute approximate surface area is 158 Å². The molecule has 0 saturated carbocycles. The Morgan fingerprint density at radius 1 is 1.27 bits per heavy atom. The number of anilines is 1. The van der Waals surface area contributed by atoms with Crippen LogP contribution in [0.2, 0.25) is 5.02 Å². The van der Waals surface area contributed by atoms with E-state index >= 15 is 0 Å². The van der Waals surface area contributed by atoms with Crippen molar-refractivity contribution in [3.63, 3.8) is 0 Å². The predicted octanol–water partition coefficient (Wildman–Crippen LogP) is 0.205. The number of amides is 2. The zero-order chi connectivity index (χ0) is 19.1. The average Bonchev–Trinajstić information content (AvgIpc) is 2.63. The Kier molecular flexibility index (Phi) is 7.41. The SMILES string of the molecule is COC(=O)C1CC[NH+](CC(=O)N(C)CC(=O)Nc2ccccc2Cl)CC1. The number of rotatable bonds is 6. The first kappa shape index (κ1) is 20.2. The van der Waals surface area contributed by atoms with Gasteiger partial charge in [0.1, 0.15) is 0 Å². The lowest BCUT2D eigenvalue weighted by Gasteiger charge is -2.28. The van der Waals surface area contributed by atoms with Gasteiger partial charge in [-0.25, -0.2) is 0 Å². The van der Waals surface area contributed by atoms with E-state index in [-0.39, 0.29) is 30.2 Å². The summed E-state index contributed by atoms with van der Waals surface area (Å²) in [4.78, 5) is 38.5. The van der Waals surface area contributed by atoms with Gasteiger partial charge in [-0.3, -0.25) is 14.4 Å². The normalized spacial score (nSPS) is 19.5. The fourth-order valence-electron chi connectivity index (χ4n) is 3.01. The lowest BCUT2D eigenvalue weighted by atomic mass is 9.97. The molecular formula is C18H25ClN3O4+. The van der Waals surface area contributed by atoms with Gasteiger partial charge in [0, 0.05) is 19.9 Å². The van der Waals surface area contributed by atoms with Crippen molar-refractivity contribution in [2.24, 2.45) is 5.92 Å². The van der Waals surface area contributed by atoms with Gasteiger partial charge in [-0.1, -0.05) is 23.7 Å². The Morgan fingerprint density at radius 2 is 1.92 bits per heavy atom. The van der Waals surface area contributed by atoms with Gasteiger partial charge >= 0.3 is 5.97 Å². The van der Waals surface area contributed by atoms with Crippen LogP contribution in [0.5, 0.6) is 0 Å². The molecule has 1 heterocycles. The second-order valence-electron chi connectivity index (χ2n) is 6.50. The number of nitrogens with zero attached hydrogens (tertiary/aromatic N) is 1. The topological polar surface area (TPSA) is 80.2 Å². The molecule has 26 heavy (non-hydrogen) atoms. The monoisotopic (exact) mass is 382 g/mol. The van der Waals surface area contributed by atoms with Gasteiger partial charge in [-0.15, -0.1) is 0 Å². The number of carbonyl (C=O) groups is 3. The largest absolute Gasteiger partial charge is 0.469 e. The summed E-state index contributed by atoms with van der Waals surface area (Å²) in [6, 6.07) is 6.95. The van der Waals surface area contributed by atoms with E-state index in [2.05, 4.69) is 5.32 Å². The molecule has 1 fully saturated rings. The van der Waals surface area contributed by atoms with Crippen LogP contribution in [0.1, 0.15) is 12.8 Å². The summed E-state index contributed by atoms with van der Waals surface area (Å²) in [7, 11) is 3.00. The number of piperidine rings is 1. The zero-order valence-electron chi connectivity index (χ0n) is 15.1. The van der Waals surface area contributed by atoms with Crippen LogP contribution in [0.25, 0.3) is 0 Å². The lowest BCUT2D eigenvalue weighted by molar-refractivity contribution is -0.898. The van der Waals surface area contributed by atoms with E-state index in [1.54, 1.807) is 31.3 Å². The number of esters is 1. The summed E-state index contributed by atoms with van der Waals surface area (Å²) in [5.41, 5.74) is 0.524. The molecule has 1 aromatic rings. The molecule has 0 spiro atoms. The number of halogens is 1. The van der Waals surface area contributed by atoms with Crippen LogP contribution in [-0.2, 0) is 19.1 Å². The third-order valence-electron chi connectivity index (χ3n) is 4.58. The standard InChI is InChI=1S/C18H24ClN3O4/c1-21(11-16(23)20-15-6-4-3-5-14(15)19)17(24)12-22-9-7-13(8-10-22)18(25)26-2/h3-6,13H,7-12H2,1-2H3,(H,20,23)/p+1. The first-order valence-corrected chi connectivity index (χ1v) is 8.98. The summed E-state index contributed by atoms with van der Waals surface area (Å²) in [5, 5.41) is 3.15. The number of ether oxygens (including phenoxy) is 1. The van der Waals surface area contributed by atoms with Gasteiger partial charge in [-0.05, 0) is 12.1 Å². The molecule has 7 nitrogen and oxygen atoms in total. The molecule has 2 N–H and O–H groups in total. The van der Waals surface area contributed by atoms with Crippen molar-refractivity contribution in [3.05, 3.63) is 29.3 Å². The van der Waals surface area contributed by atoms with Crippen molar-refractivity contribution in [2.75, 3.05) is 45.7 Å². The number of nitrogens with one attached hydrogen (secondary N) is 2.